The summed E-state index contributed by atoms with van der Waals surface area (Å²) in [5.74, 6) is -1.07. The van der Waals surface area contributed by atoms with E-state index in [9.17, 15) is 19.3 Å². The maximum atomic E-state index is 13.8. The molecule has 3 rings (SSSR count). The van der Waals surface area contributed by atoms with E-state index in [-0.39, 0.29) is 17.6 Å². The lowest BCUT2D eigenvalue weighted by atomic mass is 10.2. The number of fused-ring (bicyclic) bond motifs is 1. The van der Waals surface area contributed by atoms with E-state index in [0.717, 1.165) is 10.1 Å². The molecule has 9 heteroatoms. The van der Waals surface area contributed by atoms with Gasteiger partial charge in [-0.1, -0.05) is 31.2 Å². The second-order valence-corrected chi connectivity index (χ2v) is 10.2. The lowest BCUT2D eigenvalue weighted by Crippen LogP contribution is -2.35. The first kappa shape index (κ1) is 23.0. The Morgan fingerprint density at radius 2 is 1.90 bits per heavy atom. The van der Waals surface area contributed by atoms with Crippen molar-refractivity contribution in [1.82, 2.24) is 5.09 Å². The van der Waals surface area contributed by atoms with Crippen molar-refractivity contribution in [3.8, 4) is 5.75 Å². The molecule has 164 valence electrons. The average Bonchev–Trinajstić information content (AvgIpc) is 3.16. The Kier molecular flexibility index (Phi) is 7.49. The Hall–Kier alpha value is -2.67. The molecule has 1 aromatic heterocycles. The summed E-state index contributed by atoms with van der Waals surface area (Å²) in [4.78, 5) is 23.7. The Balaban J connectivity index is 1.86. The van der Waals surface area contributed by atoms with Crippen LogP contribution in [0.25, 0.3) is 10.1 Å². The van der Waals surface area contributed by atoms with Crippen molar-refractivity contribution in [1.29, 1.82) is 0 Å². The number of hydrogen-bond acceptors (Lipinski definition) is 6. The van der Waals surface area contributed by atoms with Crippen molar-refractivity contribution >= 4 is 40.9 Å². The summed E-state index contributed by atoms with van der Waals surface area (Å²) in [7, 11) is -3.56. The van der Waals surface area contributed by atoms with Crippen LogP contribution in [0.4, 0.5) is 0 Å². The van der Waals surface area contributed by atoms with E-state index in [0.29, 0.717) is 17.7 Å². The quantitative estimate of drug-likeness (QED) is 0.312. The van der Waals surface area contributed by atoms with Gasteiger partial charge in [-0.05, 0) is 54.6 Å². The van der Waals surface area contributed by atoms with Gasteiger partial charge in [-0.2, -0.15) is 0 Å². The molecule has 0 spiro atoms. The molecular weight excluding hydrogens is 437 g/mol. The Morgan fingerprint density at radius 3 is 2.58 bits per heavy atom. The van der Waals surface area contributed by atoms with Gasteiger partial charge >= 0.3 is 19.5 Å². The number of thiophene rings is 1. The summed E-state index contributed by atoms with van der Waals surface area (Å²) in [5.41, 5.74) is 0.697. The first-order valence-electron chi connectivity index (χ1n) is 9.83. The fraction of sp³-hybridized carbons (Fsp3) is 0.273. The zero-order valence-electron chi connectivity index (χ0n) is 17.2. The molecule has 0 bridgehead atoms. The van der Waals surface area contributed by atoms with Gasteiger partial charge < -0.3 is 14.4 Å². The molecule has 2 N–H and O–H groups in total. The molecule has 7 nitrogen and oxygen atoms in total. The van der Waals surface area contributed by atoms with Gasteiger partial charge in [-0.25, -0.2) is 9.88 Å². The summed E-state index contributed by atoms with van der Waals surface area (Å²) in [6, 6.07) is 14.9. The highest BCUT2D eigenvalue weighted by molar-refractivity contribution is 7.56. The van der Waals surface area contributed by atoms with Gasteiger partial charge in [0.15, 0.2) is 0 Å². The summed E-state index contributed by atoms with van der Waals surface area (Å²) in [6.45, 7) is 3.76. The van der Waals surface area contributed by atoms with Crippen molar-refractivity contribution in [3.63, 3.8) is 0 Å². The molecular formula is C22H24NO6PS. The normalized spacial score (nSPS) is 14.0. The third-order valence-corrected chi connectivity index (χ3v) is 7.54. The van der Waals surface area contributed by atoms with Crippen molar-refractivity contribution in [3.05, 3.63) is 65.0 Å². The summed E-state index contributed by atoms with van der Waals surface area (Å²) in [6.07, 6.45) is 0.705. The predicted molar refractivity (Wildman–Crippen MR) is 121 cm³/mol. The maximum Gasteiger partial charge on any atom is 0.345 e. The molecule has 0 saturated heterocycles. The van der Waals surface area contributed by atoms with E-state index < -0.39 is 25.5 Å². The Morgan fingerprint density at radius 1 is 1.16 bits per heavy atom. The average molecular weight is 461 g/mol. The molecule has 3 aromatic rings. The van der Waals surface area contributed by atoms with Crippen LogP contribution >= 0.6 is 18.9 Å². The van der Waals surface area contributed by atoms with Crippen molar-refractivity contribution < 1.29 is 28.5 Å². The van der Waals surface area contributed by atoms with Crippen LogP contribution in [0, 0.1) is 0 Å². The van der Waals surface area contributed by atoms with E-state index >= 15 is 0 Å². The maximum absolute atomic E-state index is 13.8. The van der Waals surface area contributed by atoms with Crippen LogP contribution in [0.1, 0.15) is 35.5 Å². The molecule has 2 atom stereocenters. The second kappa shape index (κ2) is 10.1. The predicted octanol–water partition coefficient (Wildman–Crippen LogP) is 5.30. The summed E-state index contributed by atoms with van der Waals surface area (Å²) < 4.78 is 25.6. The highest BCUT2D eigenvalue weighted by atomic mass is 32.1. The zero-order valence-corrected chi connectivity index (χ0v) is 18.9. The number of hydrogen-bond donors (Lipinski definition) is 2. The molecule has 0 amide bonds. The van der Waals surface area contributed by atoms with Gasteiger partial charge in [0.25, 0.3) is 0 Å². The van der Waals surface area contributed by atoms with E-state index in [1.807, 2.05) is 13.0 Å². The highest BCUT2D eigenvalue weighted by Gasteiger charge is 2.31. The number of carbonyl (C=O) groups excluding carboxylic acids is 1. The van der Waals surface area contributed by atoms with Crippen LogP contribution in [-0.4, -0.2) is 29.7 Å². The van der Waals surface area contributed by atoms with Crippen LogP contribution in [0.2, 0.25) is 0 Å². The Bertz CT molecular complexity index is 1110. The monoisotopic (exact) mass is 461 g/mol. The number of rotatable bonds is 10. The number of esters is 1. The number of nitrogens with one attached hydrogen (secondary N) is 1. The van der Waals surface area contributed by atoms with Crippen LogP contribution in [-0.2, 0) is 20.3 Å². The first-order valence-corrected chi connectivity index (χ1v) is 12.5. The SMILES string of the molecule is CCCOC(=O)[C@H](C)NP(=O)(Cc1ccc2sc(C(=O)O)cc2c1)Oc1ccccc1. The molecule has 0 fully saturated rings. The van der Waals surface area contributed by atoms with Crippen LogP contribution in [0.5, 0.6) is 5.75 Å². The standard InChI is InChI=1S/C22H24NO6PS/c1-3-11-28-22(26)15(2)23-30(27,29-18-7-5-4-6-8-18)14-16-9-10-19-17(12-16)13-20(31-19)21(24)25/h4-10,12-13,15H,3,11,14H2,1-2H3,(H,23,27)(H,24,25)/t15-,30?/m0/s1. The fourth-order valence-corrected chi connectivity index (χ4v) is 5.89. The third-order valence-electron chi connectivity index (χ3n) is 4.37. The topological polar surface area (TPSA) is 102 Å². The minimum Gasteiger partial charge on any atom is -0.477 e. The highest BCUT2D eigenvalue weighted by Crippen LogP contribution is 2.47. The van der Waals surface area contributed by atoms with Gasteiger partial charge in [0.1, 0.15) is 16.7 Å². The zero-order chi connectivity index (χ0) is 22.4. The molecule has 2 aromatic carbocycles. The van der Waals surface area contributed by atoms with Gasteiger partial charge in [0.2, 0.25) is 0 Å². The molecule has 1 heterocycles. The van der Waals surface area contributed by atoms with Crippen LogP contribution < -0.4 is 9.61 Å². The van der Waals surface area contributed by atoms with Crippen molar-refractivity contribution in [2.24, 2.45) is 0 Å². The largest absolute Gasteiger partial charge is 0.477 e. The molecule has 0 radical (unpaired) electrons. The molecule has 0 aliphatic carbocycles. The van der Waals surface area contributed by atoms with Crippen LogP contribution in [0.15, 0.2) is 54.6 Å². The minimum absolute atomic E-state index is 0.0154. The van der Waals surface area contributed by atoms with Gasteiger partial charge in [0, 0.05) is 4.70 Å². The number of benzene rings is 2. The molecule has 0 aliphatic heterocycles. The minimum atomic E-state index is -3.56. The van der Waals surface area contributed by atoms with Crippen molar-refractivity contribution in [2.75, 3.05) is 6.61 Å². The number of carboxylic acid groups (broad SMARTS) is 1. The van der Waals surface area contributed by atoms with Gasteiger partial charge in [-0.15, -0.1) is 11.3 Å². The lowest BCUT2D eigenvalue weighted by molar-refractivity contribution is -0.145. The lowest BCUT2D eigenvalue weighted by Gasteiger charge is -2.24. The van der Waals surface area contributed by atoms with Crippen LogP contribution in [0.3, 0.4) is 0 Å². The molecule has 0 saturated carbocycles. The number of ether oxygens (including phenoxy) is 1. The van der Waals surface area contributed by atoms with Gasteiger partial charge in [0.05, 0.1) is 12.8 Å². The molecule has 1 unspecified atom stereocenters. The number of para-hydroxylation sites is 1. The summed E-state index contributed by atoms with van der Waals surface area (Å²) in [5, 5.41) is 12.8. The second-order valence-electron chi connectivity index (χ2n) is 7.04. The number of carbonyl (C=O) groups is 2. The smallest absolute Gasteiger partial charge is 0.345 e. The van der Waals surface area contributed by atoms with E-state index in [2.05, 4.69) is 5.09 Å². The van der Waals surface area contributed by atoms with E-state index in [1.165, 1.54) is 11.3 Å². The Labute approximate surface area is 184 Å². The van der Waals surface area contributed by atoms with E-state index in [1.54, 1.807) is 55.5 Å². The number of carboxylic acids is 1. The summed E-state index contributed by atoms with van der Waals surface area (Å²) >= 11 is 1.18. The van der Waals surface area contributed by atoms with Crippen molar-refractivity contribution in [2.45, 2.75) is 32.5 Å². The van der Waals surface area contributed by atoms with Gasteiger partial charge in [-0.3, -0.25) is 9.36 Å². The van der Waals surface area contributed by atoms with E-state index in [4.69, 9.17) is 9.26 Å². The fourth-order valence-electron chi connectivity index (χ4n) is 2.97. The molecule has 0 aliphatic rings. The third kappa shape index (κ3) is 6.17. The first-order chi connectivity index (χ1) is 14.8. The number of aromatic carboxylic acids is 1. The molecule has 31 heavy (non-hydrogen) atoms.